The summed E-state index contributed by atoms with van der Waals surface area (Å²) in [5.74, 6) is -0.528. The second-order valence-electron chi connectivity index (χ2n) is 3.40. The van der Waals surface area contributed by atoms with Crippen molar-refractivity contribution in [2.45, 2.75) is 6.92 Å². The number of benzene rings is 1. The van der Waals surface area contributed by atoms with Gasteiger partial charge in [0, 0.05) is 6.07 Å². The Hall–Kier alpha value is -0.664. The number of nitrogens with zero attached hydrogens (tertiary/aromatic N) is 1. The summed E-state index contributed by atoms with van der Waals surface area (Å²) in [7, 11) is 0. The van der Waals surface area contributed by atoms with Gasteiger partial charge in [0.15, 0.2) is 0 Å². The van der Waals surface area contributed by atoms with Crippen LogP contribution in [0.2, 0.25) is 0 Å². The minimum absolute atomic E-state index is 0. The predicted molar refractivity (Wildman–Crippen MR) is 63.5 cm³/mol. The maximum absolute atomic E-state index is 11.7. The molecule has 0 amide bonds. The summed E-state index contributed by atoms with van der Waals surface area (Å²) in [5.41, 5.74) is 0.535. The SMILES string of the molecule is CCOC(=O)c1cc(=O)n(-c2ccccc2)[nH]1.[H-].[K+]. The normalized spacial score (nSPS) is 9.61. The van der Waals surface area contributed by atoms with Crippen molar-refractivity contribution >= 4 is 5.97 Å². The van der Waals surface area contributed by atoms with Crippen LogP contribution in [0.15, 0.2) is 41.2 Å². The van der Waals surface area contributed by atoms with Crippen molar-refractivity contribution in [3.8, 4) is 5.69 Å². The van der Waals surface area contributed by atoms with Gasteiger partial charge in [0.2, 0.25) is 0 Å². The molecule has 18 heavy (non-hydrogen) atoms. The Morgan fingerprint density at radius 1 is 1.39 bits per heavy atom. The van der Waals surface area contributed by atoms with E-state index in [1.54, 1.807) is 19.1 Å². The van der Waals surface area contributed by atoms with Crippen LogP contribution in [-0.2, 0) is 4.74 Å². The standard InChI is InChI=1S/C12H12N2O3.K.H/c1-2-17-12(16)10-8-11(15)14(13-10)9-6-4-3-5-7-9;;/h3-8,13H,2H2,1H3;;/q;+1;-1. The van der Waals surface area contributed by atoms with Gasteiger partial charge < -0.3 is 6.16 Å². The van der Waals surface area contributed by atoms with Crippen molar-refractivity contribution in [2.75, 3.05) is 6.61 Å². The van der Waals surface area contributed by atoms with Crippen LogP contribution in [0.1, 0.15) is 18.8 Å². The van der Waals surface area contributed by atoms with E-state index in [9.17, 15) is 9.59 Å². The first-order valence-electron chi connectivity index (χ1n) is 5.27. The van der Waals surface area contributed by atoms with E-state index in [2.05, 4.69) is 5.10 Å². The molecule has 0 bridgehead atoms. The number of esters is 1. The molecule has 0 aliphatic carbocycles. The molecule has 5 nitrogen and oxygen atoms in total. The van der Waals surface area contributed by atoms with Crippen molar-refractivity contribution in [3.05, 3.63) is 52.4 Å². The number of hydrogen-bond donors (Lipinski definition) is 1. The first-order chi connectivity index (χ1) is 8.22. The number of carbonyl (C=O) groups is 1. The summed E-state index contributed by atoms with van der Waals surface area (Å²) in [4.78, 5) is 23.1. The van der Waals surface area contributed by atoms with Crippen molar-refractivity contribution in [2.24, 2.45) is 0 Å². The van der Waals surface area contributed by atoms with Crippen molar-refractivity contribution in [1.82, 2.24) is 9.78 Å². The van der Waals surface area contributed by atoms with E-state index < -0.39 is 5.97 Å². The molecular formula is C12H13KN2O3. The first-order valence-corrected chi connectivity index (χ1v) is 5.27. The molecule has 0 aliphatic heterocycles. The van der Waals surface area contributed by atoms with Gasteiger partial charge in [0.1, 0.15) is 5.69 Å². The van der Waals surface area contributed by atoms with Crippen LogP contribution in [0.25, 0.3) is 5.69 Å². The molecule has 2 aromatic rings. The predicted octanol–water partition coefficient (Wildman–Crippen LogP) is -1.54. The second-order valence-corrected chi connectivity index (χ2v) is 3.40. The minimum atomic E-state index is -0.528. The number of nitrogens with one attached hydrogen (secondary N) is 1. The van der Waals surface area contributed by atoms with Crippen LogP contribution in [0.3, 0.4) is 0 Å². The van der Waals surface area contributed by atoms with Crippen LogP contribution < -0.4 is 56.9 Å². The Morgan fingerprint density at radius 2 is 2.06 bits per heavy atom. The molecule has 1 aromatic heterocycles. The van der Waals surface area contributed by atoms with Gasteiger partial charge in [-0.2, -0.15) is 0 Å². The van der Waals surface area contributed by atoms with Gasteiger partial charge in [0.25, 0.3) is 5.56 Å². The number of H-pyrrole nitrogens is 1. The zero-order chi connectivity index (χ0) is 12.3. The summed E-state index contributed by atoms with van der Waals surface area (Å²) in [5, 5.41) is 2.71. The van der Waals surface area contributed by atoms with E-state index in [0.29, 0.717) is 5.69 Å². The van der Waals surface area contributed by atoms with Crippen LogP contribution in [0.4, 0.5) is 0 Å². The molecule has 0 saturated carbocycles. The summed E-state index contributed by atoms with van der Waals surface area (Å²) in [6.45, 7) is 1.99. The molecule has 90 valence electrons. The summed E-state index contributed by atoms with van der Waals surface area (Å²) in [6, 6.07) is 10.2. The molecule has 2 rings (SSSR count). The third kappa shape index (κ3) is 3.43. The van der Waals surface area contributed by atoms with Gasteiger partial charge in [-0.15, -0.1) is 0 Å². The Kier molecular flexibility index (Phi) is 6.03. The quantitative estimate of drug-likeness (QED) is 0.544. The molecule has 1 N–H and O–H groups in total. The van der Waals surface area contributed by atoms with Crippen LogP contribution in [0, 0.1) is 0 Å². The third-order valence-corrected chi connectivity index (χ3v) is 2.23. The van der Waals surface area contributed by atoms with Gasteiger partial charge in [0.05, 0.1) is 12.3 Å². The minimum Gasteiger partial charge on any atom is -1.00 e. The number of rotatable bonds is 3. The molecule has 0 radical (unpaired) electrons. The fourth-order valence-electron chi connectivity index (χ4n) is 1.48. The summed E-state index contributed by atoms with van der Waals surface area (Å²) in [6.07, 6.45) is 0. The monoisotopic (exact) mass is 272 g/mol. The van der Waals surface area contributed by atoms with E-state index in [1.165, 1.54) is 10.7 Å². The third-order valence-electron chi connectivity index (χ3n) is 2.23. The van der Waals surface area contributed by atoms with Crippen molar-refractivity contribution < 1.29 is 62.3 Å². The second kappa shape index (κ2) is 7.06. The van der Waals surface area contributed by atoms with Gasteiger partial charge in [-0.25, -0.2) is 9.48 Å². The van der Waals surface area contributed by atoms with Crippen LogP contribution in [-0.4, -0.2) is 22.4 Å². The van der Waals surface area contributed by atoms with Crippen molar-refractivity contribution in [1.29, 1.82) is 0 Å². The van der Waals surface area contributed by atoms with E-state index in [-0.39, 0.29) is 70.7 Å². The largest absolute Gasteiger partial charge is 1.00 e. The Balaban J connectivity index is 0.00000162. The molecule has 0 fully saturated rings. The molecule has 0 saturated heterocycles. The Labute approximate surface area is 148 Å². The number of carbonyl (C=O) groups excluding carboxylic acids is 1. The van der Waals surface area contributed by atoms with E-state index in [0.717, 1.165) is 0 Å². The van der Waals surface area contributed by atoms with E-state index >= 15 is 0 Å². The fraction of sp³-hybridized carbons (Fsp3) is 0.167. The fourth-order valence-corrected chi connectivity index (χ4v) is 1.48. The first kappa shape index (κ1) is 15.4. The molecule has 0 aliphatic rings. The maximum Gasteiger partial charge on any atom is 1.00 e. The average Bonchev–Trinajstić information content (AvgIpc) is 2.73. The molecule has 0 unspecified atom stereocenters. The summed E-state index contributed by atoms with van der Waals surface area (Å²) < 4.78 is 6.11. The van der Waals surface area contributed by atoms with Gasteiger partial charge in [-0.05, 0) is 19.1 Å². The van der Waals surface area contributed by atoms with E-state index in [4.69, 9.17) is 4.74 Å². The smallest absolute Gasteiger partial charge is 1.00 e. The van der Waals surface area contributed by atoms with Crippen molar-refractivity contribution in [3.63, 3.8) is 0 Å². The van der Waals surface area contributed by atoms with Gasteiger partial charge >= 0.3 is 57.4 Å². The number of aromatic nitrogens is 2. The molecule has 1 heterocycles. The van der Waals surface area contributed by atoms with Crippen LogP contribution >= 0.6 is 0 Å². The number of ether oxygens (including phenoxy) is 1. The number of aromatic amines is 1. The maximum atomic E-state index is 11.7. The number of hydrogen-bond acceptors (Lipinski definition) is 3. The molecule has 0 atom stereocenters. The van der Waals surface area contributed by atoms with E-state index in [1.807, 2.05) is 18.2 Å². The van der Waals surface area contributed by atoms with Crippen LogP contribution in [0.5, 0.6) is 0 Å². The molecular weight excluding hydrogens is 259 g/mol. The zero-order valence-corrected chi connectivity index (χ0v) is 13.5. The van der Waals surface area contributed by atoms with Gasteiger partial charge in [-0.1, -0.05) is 18.2 Å². The molecule has 6 heteroatoms. The number of para-hydroxylation sites is 1. The Bertz CT molecular complexity index is 580. The molecule has 0 spiro atoms. The Morgan fingerprint density at radius 3 is 2.67 bits per heavy atom. The van der Waals surface area contributed by atoms with Gasteiger partial charge in [-0.3, -0.25) is 9.89 Å². The average molecular weight is 272 g/mol. The zero-order valence-electron chi connectivity index (χ0n) is 11.3. The topological polar surface area (TPSA) is 64.1 Å². The molecule has 1 aromatic carbocycles. The summed E-state index contributed by atoms with van der Waals surface area (Å²) >= 11 is 0.